The van der Waals surface area contributed by atoms with Crippen molar-refractivity contribution in [3.63, 3.8) is 0 Å². The smallest absolute Gasteiger partial charge is 0.336 e. The number of ether oxygens (including phenoxy) is 3. The summed E-state index contributed by atoms with van der Waals surface area (Å²) in [7, 11) is 1.57. The van der Waals surface area contributed by atoms with Gasteiger partial charge < -0.3 is 19.5 Å². The minimum atomic E-state index is -1.08. The summed E-state index contributed by atoms with van der Waals surface area (Å²) in [4.78, 5) is 42.0. The normalized spacial score (nSPS) is 21.0. The lowest BCUT2D eigenvalue weighted by Crippen LogP contribution is -2.43. The number of nitrogens with one attached hydrogen (secondary N) is 1. The van der Waals surface area contributed by atoms with Crippen molar-refractivity contribution in [3.05, 3.63) is 82.2 Å². The van der Waals surface area contributed by atoms with Crippen LogP contribution in [0.1, 0.15) is 50.2 Å². The van der Waals surface area contributed by atoms with Crippen molar-refractivity contribution in [1.82, 2.24) is 5.32 Å². The van der Waals surface area contributed by atoms with Gasteiger partial charge in [-0.05, 0) is 62.8 Å². The molecule has 2 aromatic rings. The highest BCUT2D eigenvalue weighted by molar-refractivity contribution is 7.98. The third-order valence-electron chi connectivity index (χ3n) is 7.04. The number of hydrogen-bond acceptors (Lipinski definition) is 8. The number of allylic oxidation sites excluding steroid dienone is 3. The molecule has 3 atom stereocenters. The molecule has 0 saturated carbocycles. The molecule has 2 aliphatic rings. The summed E-state index contributed by atoms with van der Waals surface area (Å²) >= 11 is 1.61. The molecule has 1 N–H and O–H groups in total. The van der Waals surface area contributed by atoms with E-state index in [9.17, 15) is 14.4 Å². The summed E-state index contributed by atoms with van der Waals surface area (Å²) in [5.41, 5.74) is 3.63. The monoisotopic (exact) mass is 535 g/mol. The Hall–Kier alpha value is -3.52. The summed E-state index contributed by atoms with van der Waals surface area (Å²) in [6.07, 6.45) is 2.36. The summed E-state index contributed by atoms with van der Waals surface area (Å²) in [6.45, 7) is 5.64. The Bertz CT molecular complexity index is 1300. The average Bonchev–Trinajstić information content (AvgIpc) is 2.92. The topological polar surface area (TPSA) is 90.9 Å². The number of thioether (sulfide) groups is 1. The maximum Gasteiger partial charge on any atom is 0.336 e. The van der Waals surface area contributed by atoms with Gasteiger partial charge in [0.1, 0.15) is 11.7 Å². The largest absolute Gasteiger partial charge is 0.496 e. The fraction of sp³-hybridized carbons (Fsp3) is 0.367. The summed E-state index contributed by atoms with van der Waals surface area (Å²) in [5.74, 6) is -3.09. The fourth-order valence-corrected chi connectivity index (χ4v) is 5.82. The Labute approximate surface area is 227 Å². The van der Waals surface area contributed by atoms with Crippen LogP contribution in [-0.4, -0.2) is 44.3 Å². The van der Waals surface area contributed by atoms with E-state index in [1.54, 1.807) is 32.7 Å². The number of para-hydroxylation sites is 1. The van der Waals surface area contributed by atoms with Gasteiger partial charge in [0.05, 0.1) is 25.9 Å². The first-order valence-electron chi connectivity index (χ1n) is 12.7. The van der Waals surface area contributed by atoms with E-state index in [1.165, 1.54) is 0 Å². The predicted molar refractivity (Wildman–Crippen MR) is 146 cm³/mol. The molecule has 0 bridgehead atoms. The van der Waals surface area contributed by atoms with Crippen LogP contribution in [0, 0.1) is 5.92 Å². The van der Waals surface area contributed by atoms with Crippen molar-refractivity contribution in [3.8, 4) is 5.75 Å². The van der Waals surface area contributed by atoms with E-state index in [0.717, 1.165) is 16.0 Å². The SMILES string of the molecule is CCOC(=O)C1=C(C)NC2=C(C(=O)C(C(=O)OCC)C(c3ccccc3OC)C2)C1c1ccc(SC)cc1. The van der Waals surface area contributed by atoms with Crippen LogP contribution in [0.25, 0.3) is 0 Å². The Balaban J connectivity index is 1.91. The van der Waals surface area contributed by atoms with Crippen LogP contribution in [0.5, 0.6) is 5.75 Å². The van der Waals surface area contributed by atoms with E-state index in [1.807, 2.05) is 61.7 Å². The standard InChI is InChI=1S/C30H33NO6S/c1-6-36-29(33)24-17(3)31-22-16-21(20-10-8-9-11-23(20)35-4)26(30(34)37-7-2)28(32)27(22)25(24)18-12-14-19(38-5)15-13-18/h8-15,21,25-26,31H,6-7,16H2,1-5H3. The van der Waals surface area contributed by atoms with E-state index in [4.69, 9.17) is 14.2 Å². The lowest BCUT2D eigenvalue weighted by Gasteiger charge is -2.39. The predicted octanol–water partition coefficient (Wildman–Crippen LogP) is 5.13. The van der Waals surface area contributed by atoms with Crippen molar-refractivity contribution in [2.24, 2.45) is 5.92 Å². The van der Waals surface area contributed by atoms with E-state index < -0.39 is 29.7 Å². The quantitative estimate of drug-likeness (QED) is 0.283. The molecular weight excluding hydrogens is 502 g/mol. The van der Waals surface area contributed by atoms with Gasteiger partial charge in [-0.25, -0.2) is 4.79 Å². The summed E-state index contributed by atoms with van der Waals surface area (Å²) < 4.78 is 16.4. The molecule has 3 unspecified atom stereocenters. The second kappa shape index (κ2) is 11.9. The van der Waals surface area contributed by atoms with Gasteiger partial charge in [-0.15, -0.1) is 11.8 Å². The number of carbonyl (C=O) groups is 3. The van der Waals surface area contributed by atoms with Gasteiger partial charge in [-0.2, -0.15) is 0 Å². The minimum Gasteiger partial charge on any atom is -0.496 e. The van der Waals surface area contributed by atoms with Crippen molar-refractivity contribution < 1.29 is 28.6 Å². The zero-order valence-electron chi connectivity index (χ0n) is 22.3. The van der Waals surface area contributed by atoms with Crippen LogP contribution in [0.4, 0.5) is 0 Å². The number of Topliss-reactive ketones (excluding diaryl/α,β-unsaturated/α-hetero) is 1. The molecule has 1 heterocycles. The van der Waals surface area contributed by atoms with Crippen LogP contribution in [0.15, 0.2) is 76.0 Å². The molecule has 0 radical (unpaired) electrons. The van der Waals surface area contributed by atoms with Gasteiger partial charge in [-0.1, -0.05) is 30.3 Å². The van der Waals surface area contributed by atoms with Crippen molar-refractivity contribution in [2.45, 2.75) is 43.9 Å². The lowest BCUT2D eigenvalue weighted by atomic mass is 9.67. The van der Waals surface area contributed by atoms with E-state index in [2.05, 4.69) is 5.32 Å². The molecule has 0 fully saturated rings. The van der Waals surface area contributed by atoms with Crippen molar-refractivity contribution >= 4 is 29.5 Å². The molecule has 8 heteroatoms. The molecule has 0 saturated heterocycles. The van der Waals surface area contributed by atoms with Gasteiger partial charge in [0.25, 0.3) is 0 Å². The number of benzene rings is 2. The van der Waals surface area contributed by atoms with Crippen LogP contribution < -0.4 is 10.1 Å². The molecule has 200 valence electrons. The van der Waals surface area contributed by atoms with Gasteiger partial charge in [0, 0.05) is 33.7 Å². The Morgan fingerprint density at radius 2 is 1.71 bits per heavy atom. The summed E-state index contributed by atoms with van der Waals surface area (Å²) in [5, 5.41) is 3.33. The molecule has 7 nitrogen and oxygen atoms in total. The van der Waals surface area contributed by atoms with Gasteiger partial charge in [-0.3, -0.25) is 9.59 Å². The van der Waals surface area contributed by atoms with E-state index in [0.29, 0.717) is 34.7 Å². The van der Waals surface area contributed by atoms with Gasteiger partial charge in [0.2, 0.25) is 0 Å². The maximum absolute atomic E-state index is 14.4. The first-order chi connectivity index (χ1) is 18.4. The molecule has 0 aromatic heterocycles. The molecule has 1 aliphatic heterocycles. The number of rotatable bonds is 8. The Morgan fingerprint density at radius 1 is 1.03 bits per heavy atom. The second-order valence-electron chi connectivity index (χ2n) is 9.13. The average molecular weight is 536 g/mol. The number of hydrogen-bond donors (Lipinski definition) is 1. The van der Waals surface area contributed by atoms with Gasteiger partial charge in [0.15, 0.2) is 5.78 Å². The number of esters is 2. The van der Waals surface area contributed by atoms with E-state index in [-0.39, 0.29) is 19.0 Å². The molecule has 38 heavy (non-hydrogen) atoms. The minimum absolute atomic E-state index is 0.151. The van der Waals surface area contributed by atoms with Crippen molar-refractivity contribution in [2.75, 3.05) is 26.6 Å². The number of carbonyl (C=O) groups excluding carboxylic acids is 3. The second-order valence-corrected chi connectivity index (χ2v) is 10.0. The van der Waals surface area contributed by atoms with Crippen LogP contribution in [-0.2, 0) is 23.9 Å². The number of ketones is 1. The van der Waals surface area contributed by atoms with Crippen LogP contribution in [0.2, 0.25) is 0 Å². The highest BCUT2D eigenvalue weighted by atomic mass is 32.2. The lowest BCUT2D eigenvalue weighted by molar-refractivity contribution is -0.152. The highest BCUT2D eigenvalue weighted by Crippen LogP contribution is 2.49. The molecule has 2 aromatic carbocycles. The van der Waals surface area contributed by atoms with Crippen LogP contribution in [0.3, 0.4) is 0 Å². The van der Waals surface area contributed by atoms with Crippen LogP contribution >= 0.6 is 11.8 Å². The third-order valence-corrected chi connectivity index (χ3v) is 7.79. The first-order valence-corrected chi connectivity index (χ1v) is 13.9. The van der Waals surface area contributed by atoms with E-state index >= 15 is 0 Å². The Kier molecular flexibility index (Phi) is 8.62. The van der Waals surface area contributed by atoms with Gasteiger partial charge >= 0.3 is 11.9 Å². The van der Waals surface area contributed by atoms with Crippen molar-refractivity contribution in [1.29, 1.82) is 0 Å². The number of methoxy groups -OCH3 is 1. The summed E-state index contributed by atoms with van der Waals surface area (Å²) in [6, 6.07) is 15.2. The molecule has 1 aliphatic carbocycles. The maximum atomic E-state index is 14.4. The molecule has 4 rings (SSSR count). The fourth-order valence-electron chi connectivity index (χ4n) is 5.41. The first kappa shape index (κ1) is 27.5. The third kappa shape index (κ3) is 5.10. The Morgan fingerprint density at radius 3 is 2.34 bits per heavy atom. The zero-order valence-corrected chi connectivity index (χ0v) is 23.1. The highest BCUT2D eigenvalue weighted by Gasteiger charge is 2.49. The zero-order chi connectivity index (χ0) is 27.4. The molecule has 0 amide bonds. The molecular formula is C30H33NO6S. The number of dihydropyridines is 1. The molecule has 0 spiro atoms.